The van der Waals surface area contributed by atoms with Crippen molar-refractivity contribution in [3.05, 3.63) is 142 Å². The standard InChI is InChI=1S/C33H45N9O7SSi.C17H21N7O2S.C16H25ClN2O5Si.3ClH/c1-8-41-24(16-20(2)39-41)30(45)38-32-37-22-19-26(29(35)44)50-31(22)40(32)13-10-9-12-36-27-23(42(46)47)17-21(28(34)43)18-25(27)48-14-11-15-49-51(6,7)33(3,4)5;1-3-24-12(8-10(2)22-24)15(26)21-17-20-11-9-13(14(19)25)27-16(11)23(17)7-5-4-6-18;1-16(2,3)25(4,5)24-8-6-7-23-13-10-11(15(18)20)9-12(14(13)17)19(21)22;;;/h9-10,16-19H,8,11-15H2,1-7H3,(H6,34,35,36,37,38,43,44,45);4-5,8-9H,3,6-7,18H2,1-2H3,(H3,19,20,21,25,26);9-10H,6-8H2,1-5H3,(H2,18,20);3*1H/p+2/b10-9+;5-4+;;;;. The quantitative estimate of drug-likeness (QED) is 0.00467. The van der Waals surface area contributed by atoms with E-state index in [1.54, 1.807) is 50.3 Å². The first-order valence-corrected chi connectivity index (χ1v) is 40.7. The van der Waals surface area contributed by atoms with Gasteiger partial charge >= 0.3 is 11.8 Å². The molecule has 6 amide bonds. The van der Waals surface area contributed by atoms with E-state index in [-0.39, 0.29) is 130 Å². The van der Waals surface area contributed by atoms with E-state index in [1.165, 1.54) is 23.5 Å². The third-order valence-electron chi connectivity index (χ3n) is 16.9. The van der Waals surface area contributed by atoms with Crippen molar-refractivity contribution >= 4 is 173 Å². The number of H-pyrrole nitrogens is 2. The second kappa shape index (κ2) is 39.7. The molecule has 0 spiro atoms. The maximum absolute atomic E-state index is 13.2. The highest BCUT2D eigenvalue weighted by atomic mass is 35.5. The van der Waals surface area contributed by atoms with Crippen molar-refractivity contribution in [2.24, 2.45) is 28.7 Å². The number of aryl methyl sites for hydroxylation is 4. The molecule has 0 bridgehead atoms. The molecule has 0 radical (unpaired) electrons. The first kappa shape index (κ1) is 91.4. The number of rotatable bonds is 32. The van der Waals surface area contributed by atoms with Crippen LogP contribution >= 0.6 is 71.5 Å². The number of aromatic amines is 2. The van der Waals surface area contributed by atoms with Crippen LogP contribution in [0.1, 0.15) is 141 Å². The first-order chi connectivity index (χ1) is 48.2. The maximum atomic E-state index is 13.2. The number of nitrogens with zero attached hydrogens (tertiary/aromatic N) is 8. The van der Waals surface area contributed by atoms with Crippen molar-refractivity contribution in [1.82, 2.24) is 29.3 Å². The summed E-state index contributed by atoms with van der Waals surface area (Å²) in [5.74, 6) is -2.49. The molecule has 2 aromatic carbocycles. The normalized spacial score (nSPS) is 11.6. The summed E-state index contributed by atoms with van der Waals surface area (Å²) in [5.41, 5.74) is 30.0. The van der Waals surface area contributed by atoms with Gasteiger partial charge in [-0.1, -0.05) is 77.4 Å². The summed E-state index contributed by atoms with van der Waals surface area (Å²) >= 11 is 8.38. The van der Waals surface area contributed by atoms with E-state index in [0.717, 1.165) is 39.7 Å². The fourth-order valence-electron chi connectivity index (χ4n) is 9.40. The highest BCUT2D eigenvalue weighted by molar-refractivity contribution is 7.20. The van der Waals surface area contributed by atoms with Gasteiger partial charge in [0.25, 0.3) is 34.6 Å². The number of allylic oxidation sites excluding steroid dienone is 2. The van der Waals surface area contributed by atoms with Crippen LogP contribution < -0.4 is 63.5 Å². The molecule has 0 fully saturated rings. The number of amides is 6. The number of carbonyl (C=O) groups is 6. The smallest absolute Gasteiger partial charge is 0.325 e. The van der Waals surface area contributed by atoms with Crippen LogP contribution in [-0.2, 0) is 35.0 Å². The third-order valence-corrected chi connectivity index (χ3v) is 28.7. The van der Waals surface area contributed by atoms with E-state index in [9.17, 15) is 49.0 Å². The summed E-state index contributed by atoms with van der Waals surface area (Å²) in [6.07, 6.45) is 8.34. The molecule has 32 nitrogen and oxygen atoms in total. The van der Waals surface area contributed by atoms with Crippen molar-refractivity contribution in [2.75, 3.05) is 55.5 Å². The average Bonchev–Trinajstić information content (AvgIpc) is 1.60. The highest BCUT2D eigenvalue weighted by Gasteiger charge is 2.38. The minimum absolute atomic E-state index is 0. The predicted molar refractivity (Wildman–Crippen MR) is 423 cm³/mol. The van der Waals surface area contributed by atoms with Crippen LogP contribution in [0, 0.1) is 34.1 Å². The van der Waals surface area contributed by atoms with Crippen LogP contribution in [0.4, 0.5) is 29.0 Å². The van der Waals surface area contributed by atoms with Gasteiger partial charge in [-0.25, -0.2) is 9.97 Å². The molecule has 6 aromatic heterocycles. The zero-order valence-corrected chi connectivity index (χ0v) is 68.4. The minimum atomic E-state index is -1.96. The van der Waals surface area contributed by atoms with Gasteiger partial charge in [0, 0.05) is 87.6 Å². The number of primary amides is 4. The number of ether oxygens (including phenoxy) is 2. The lowest BCUT2D eigenvalue weighted by Crippen LogP contribution is -2.41. The topological polar surface area (TPSA) is 467 Å². The number of thiophene rings is 2. The van der Waals surface area contributed by atoms with Crippen molar-refractivity contribution in [1.29, 1.82) is 0 Å². The third kappa shape index (κ3) is 23.8. The van der Waals surface area contributed by atoms with Crippen LogP contribution in [0.25, 0.3) is 20.7 Å². The molecule has 8 rings (SSSR count). The molecule has 40 heteroatoms. The largest absolute Gasteiger partial charge is 0.492 e. The zero-order valence-electron chi connectivity index (χ0n) is 61.5. The van der Waals surface area contributed by atoms with E-state index in [0.29, 0.717) is 95.2 Å². The van der Waals surface area contributed by atoms with Crippen LogP contribution in [0.3, 0.4) is 0 Å². The van der Waals surface area contributed by atoms with Gasteiger partial charge in [-0.05, 0) is 88.2 Å². The summed E-state index contributed by atoms with van der Waals surface area (Å²) in [5, 5.41) is 38.1. The van der Waals surface area contributed by atoms with Gasteiger partial charge in [-0.2, -0.15) is 10.2 Å². The molecule has 15 N–H and O–H groups in total. The zero-order chi connectivity index (χ0) is 76.6. The number of halogens is 4. The van der Waals surface area contributed by atoms with Crippen molar-refractivity contribution in [3.8, 4) is 11.5 Å². The summed E-state index contributed by atoms with van der Waals surface area (Å²) in [4.78, 5) is 106. The molecule has 106 heavy (non-hydrogen) atoms. The van der Waals surface area contributed by atoms with Gasteiger partial charge < -0.3 is 52.3 Å². The molecule has 6 heterocycles. The van der Waals surface area contributed by atoms with Crippen LogP contribution in [0.5, 0.6) is 11.5 Å². The van der Waals surface area contributed by atoms with E-state index >= 15 is 0 Å². The predicted octanol–water partition coefficient (Wildman–Crippen LogP) is 11.2. The average molecular weight is 1630 g/mol. The van der Waals surface area contributed by atoms with E-state index in [4.69, 9.17) is 58.6 Å². The number of imidazole rings is 2. The Morgan fingerprint density at radius 2 is 1.00 bits per heavy atom. The summed E-state index contributed by atoms with van der Waals surface area (Å²) in [6.45, 7) is 33.0. The highest BCUT2D eigenvalue weighted by Crippen LogP contribution is 2.40. The Hall–Kier alpha value is -8.83. The number of aromatic nitrogens is 8. The van der Waals surface area contributed by atoms with Crippen LogP contribution in [0.15, 0.2) is 72.8 Å². The number of hydrogen-bond acceptors (Lipinski definition) is 20. The van der Waals surface area contributed by atoms with E-state index in [2.05, 4.69) is 104 Å². The number of benzene rings is 2. The van der Waals surface area contributed by atoms with Gasteiger partial charge in [0.1, 0.15) is 32.2 Å². The fraction of sp³-hybridized carbons (Fsp3) is 0.424. The summed E-state index contributed by atoms with van der Waals surface area (Å²) in [6, 6.07) is 11.6. The van der Waals surface area contributed by atoms with Crippen LogP contribution in [-0.4, -0.2) is 131 Å². The minimum Gasteiger partial charge on any atom is -0.492 e. The lowest BCUT2D eigenvalue weighted by atomic mass is 10.1. The Labute approximate surface area is 646 Å². The second-order valence-electron chi connectivity index (χ2n) is 26.6. The fourth-order valence-corrected chi connectivity index (χ4v) is 13.7. The maximum Gasteiger partial charge on any atom is 0.325 e. The lowest BCUT2D eigenvalue weighted by Gasteiger charge is -2.36. The van der Waals surface area contributed by atoms with Gasteiger partial charge in [0.05, 0.1) is 44.2 Å². The Morgan fingerprint density at radius 1 is 0.604 bits per heavy atom. The molecule has 0 atom stereocenters. The Morgan fingerprint density at radius 3 is 1.38 bits per heavy atom. The number of nitro benzene ring substituents is 2. The number of carbonyl (C=O) groups excluding carboxylic acids is 6. The lowest BCUT2D eigenvalue weighted by molar-refractivity contribution is -0.748. The molecule has 0 unspecified atom stereocenters. The van der Waals surface area contributed by atoms with Crippen molar-refractivity contribution in [3.63, 3.8) is 0 Å². The van der Waals surface area contributed by atoms with Gasteiger partial charge in [0.2, 0.25) is 23.7 Å². The molecular weight excluding hydrogens is 1530 g/mol. The molecule has 0 saturated heterocycles. The number of nitrogens with two attached hydrogens (primary N) is 5. The molecule has 0 aliphatic carbocycles. The van der Waals surface area contributed by atoms with E-state index in [1.807, 2.05) is 44.4 Å². The van der Waals surface area contributed by atoms with E-state index < -0.39 is 55.8 Å². The molecule has 0 aliphatic heterocycles. The summed E-state index contributed by atoms with van der Waals surface area (Å²) in [7, 11) is -3.79. The molecule has 8 aromatic rings. The molecule has 0 aliphatic rings. The molecule has 0 saturated carbocycles. The SMILES string of the molecule is CC(C)(C)[Si](C)(C)OCCCOc1cc(C(N)=O)cc([N+](=O)[O-])c1Cl.CC[n+]1[nH]c(C)cc1C(=O)Nc1nc2cc(C(N)=O)sc2n1C/C=C/CN.CC[n+]1[nH]c(C)cc1C(=O)Nc1nc2cc(C(N)=O)sc2n1C/C=C/CNc1c(OCCCO[Si](C)(C)C(C)(C)C)cc(C(N)=O)cc1[N+](=O)[O-].Cl.Cl.Cl. The monoisotopic (exact) mass is 1620 g/mol. The number of hydrogen-bond donors (Lipinski definition) is 10. The first-order valence-electron chi connectivity index (χ1n) is 32.8. The van der Waals surface area contributed by atoms with Crippen molar-refractivity contribution < 1.29 is 66.3 Å². The molecule has 580 valence electrons. The number of fused-ring (bicyclic) bond motifs is 2. The number of nitro groups is 2. The number of nitrogens with one attached hydrogen (secondary N) is 5. The van der Waals surface area contributed by atoms with Gasteiger partial charge in [-0.15, -0.1) is 69.3 Å². The van der Waals surface area contributed by atoms with Crippen molar-refractivity contribution in [2.45, 2.75) is 145 Å². The Kier molecular flexibility index (Phi) is 34.2. The Balaban J connectivity index is 0.000000448. The molecular formula is C66H96Cl4N18O14S2Si2+2. The Bertz CT molecular complexity index is 4510. The number of anilines is 3. The summed E-state index contributed by atoms with van der Waals surface area (Å²) < 4.78 is 30.7. The van der Waals surface area contributed by atoms with Gasteiger partial charge in [0.15, 0.2) is 40.4 Å². The van der Waals surface area contributed by atoms with Crippen LogP contribution in [0.2, 0.25) is 41.3 Å². The van der Waals surface area contributed by atoms with Gasteiger partial charge in [-0.3, -0.25) is 68.8 Å². The second-order valence-corrected chi connectivity index (χ2v) is 38.6.